The molecule has 1 fully saturated rings. The molecular formula is C34H54F4N4O7. The second-order valence-corrected chi connectivity index (χ2v) is 14.0. The van der Waals surface area contributed by atoms with Crippen molar-refractivity contribution in [1.82, 2.24) is 20.0 Å². The first-order chi connectivity index (χ1) is 22.8. The zero-order valence-corrected chi connectivity index (χ0v) is 29.9. The second-order valence-electron chi connectivity index (χ2n) is 14.0. The summed E-state index contributed by atoms with van der Waals surface area (Å²) in [6, 6.07) is 5.13. The quantitative estimate of drug-likeness (QED) is 0.185. The Balaban J connectivity index is 2.33. The Morgan fingerprint density at radius 1 is 0.796 bits per heavy atom. The predicted molar refractivity (Wildman–Crippen MR) is 176 cm³/mol. The number of esters is 3. The fourth-order valence-electron chi connectivity index (χ4n) is 5.00. The van der Waals surface area contributed by atoms with Gasteiger partial charge in [0.15, 0.2) is 6.61 Å². The number of rotatable bonds is 13. The number of halogens is 4. The molecule has 0 spiro atoms. The summed E-state index contributed by atoms with van der Waals surface area (Å²) in [5.74, 6) is -5.53. The lowest BCUT2D eigenvalue weighted by Gasteiger charge is -2.35. The van der Waals surface area contributed by atoms with Crippen LogP contribution in [0.25, 0.3) is 0 Å². The first kappa shape index (κ1) is 42.2. The maximum atomic E-state index is 13.5. The van der Waals surface area contributed by atoms with Crippen molar-refractivity contribution >= 4 is 17.9 Å². The minimum Gasteiger partial charge on any atom is -0.487 e. The van der Waals surface area contributed by atoms with E-state index in [4.69, 9.17) is 18.9 Å². The van der Waals surface area contributed by atoms with Gasteiger partial charge in [0.2, 0.25) is 0 Å². The zero-order chi connectivity index (χ0) is 36.8. The van der Waals surface area contributed by atoms with Crippen molar-refractivity contribution in [3.8, 4) is 5.75 Å². The molecule has 1 heterocycles. The number of alkyl halides is 4. The molecule has 1 unspecified atom stereocenters. The van der Waals surface area contributed by atoms with Gasteiger partial charge in [-0.2, -0.15) is 8.78 Å². The van der Waals surface area contributed by atoms with Crippen LogP contribution in [0, 0.1) is 0 Å². The van der Waals surface area contributed by atoms with Crippen molar-refractivity contribution in [2.75, 3.05) is 78.7 Å². The summed E-state index contributed by atoms with van der Waals surface area (Å²) < 4.78 is 73.3. The van der Waals surface area contributed by atoms with E-state index in [2.05, 4.69) is 5.32 Å². The smallest absolute Gasteiger partial charge is 0.340 e. The molecule has 1 aliphatic heterocycles. The number of benzene rings is 1. The van der Waals surface area contributed by atoms with Crippen LogP contribution >= 0.6 is 0 Å². The van der Waals surface area contributed by atoms with E-state index in [-0.39, 0.29) is 43.8 Å². The summed E-state index contributed by atoms with van der Waals surface area (Å²) in [5, 5.41) is 3.37. The minimum atomic E-state index is -4.29. The van der Waals surface area contributed by atoms with Gasteiger partial charge in [-0.05, 0) is 72.6 Å². The third-order valence-electron chi connectivity index (χ3n) is 7.26. The zero-order valence-electron chi connectivity index (χ0n) is 29.9. The topological polar surface area (TPSA) is 110 Å². The number of hydrogen-bond donors (Lipinski definition) is 1. The van der Waals surface area contributed by atoms with Crippen LogP contribution in [0.2, 0.25) is 0 Å². The molecule has 0 aromatic heterocycles. The Morgan fingerprint density at radius 2 is 1.29 bits per heavy atom. The van der Waals surface area contributed by atoms with E-state index in [9.17, 15) is 31.9 Å². The Morgan fingerprint density at radius 3 is 1.71 bits per heavy atom. The van der Waals surface area contributed by atoms with Gasteiger partial charge in [-0.3, -0.25) is 29.1 Å². The molecule has 280 valence electrons. The van der Waals surface area contributed by atoms with E-state index in [1.807, 2.05) is 14.7 Å². The Labute approximate surface area is 287 Å². The van der Waals surface area contributed by atoms with E-state index in [0.717, 1.165) is 0 Å². The molecule has 11 nitrogen and oxygen atoms in total. The van der Waals surface area contributed by atoms with Crippen LogP contribution in [0.15, 0.2) is 24.3 Å². The summed E-state index contributed by atoms with van der Waals surface area (Å²) in [4.78, 5) is 44.8. The van der Waals surface area contributed by atoms with Gasteiger partial charge in [-0.15, -0.1) is 0 Å². The van der Waals surface area contributed by atoms with Crippen LogP contribution in [0.4, 0.5) is 17.6 Å². The van der Waals surface area contributed by atoms with Crippen LogP contribution in [-0.4, -0.2) is 141 Å². The standard InChI is InChI=1S/C34H54F4N4O7/c1-8-46-30(45)27(21-25-9-11-26(12-10-25)47-24-34(37,38)31(35)36)42-19-17-40(22-28(43)48-32(2,3)4)15-13-39-14-16-41(18-20-42)23-29(44)49-33(5,6)7/h9-12,27,31,39H,8,13-24H2,1-7H3. The van der Waals surface area contributed by atoms with Crippen molar-refractivity contribution in [3.05, 3.63) is 29.8 Å². The highest BCUT2D eigenvalue weighted by Gasteiger charge is 2.41. The third kappa shape index (κ3) is 17.0. The highest BCUT2D eigenvalue weighted by Crippen LogP contribution is 2.25. The molecule has 2 rings (SSSR count). The van der Waals surface area contributed by atoms with Crippen LogP contribution in [-0.2, 0) is 35.0 Å². The number of nitrogens with zero attached hydrogens (tertiary/aromatic N) is 3. The van der Waals surface area contributed by atoms with Gasteiger partial charge in [0.05, 0.1) is 19.7 Å². The predicted octanol–water partition coefficient (Wildman–Crippen LogP) is 3.63. The van der Waals surface area contributed by atoms with E-state index < -0.39 is 42.2 Å². The van der Waals surface area contributed by atoms with E-state index >= 15 is 0 Å². The molecule has 1 aromatic rings. The summed E-state index contributed by atoms with van der Waals surface area (Å²) in [7, 11) is 0. The maximum absolute atomic E-state index is 13.5. The normalized spacial score (nSPS) is 17.5. The average Bonchev–Trinajstić information content (AvgIpc) is 2.96. The van der Waals surface area contributed by atoms with Crippen molar-refractivity contribution in [2.24, 2.45) is 0 Å². The van der Waals surface area contributed by atoms with Gasteiger partial charge < -0.3 is 24.3 Å². The highest BCUT2D eigenvalue weighted by atomic mass is 19.3. The molecule has 1 aliphatic rings. The lowest BCUT2D eigenvalue weighted by molar-refractivity contribution is -0.157. The van der Waals surface area contributed by atoms with E-state index in [1.54, 1.807) is 60.6 Å². The van der Waals surface area contributed by atoms with Crippen molar-refractivity contribution in [2.45, 2.75) is 84.5 Å². The molecule has 0 amide bonds. The fraction of sp³-hybridized carbons (Fsp3) is 0.735. The Hall–Kier alpha value is -3.01. The number of carbonyl (C=O) groups is 3. The first-order valence-corrected chi connectivity index (χ1v) is 16.7. The summed E-state index contributed by atoms with van der Waals surface area (Å²) in [6.45, 7) is 15.0. The Bertz CT molecular complexity index is 1130. The van der Waals surface area contributed by atoms with E-state index in [0.29, 0.717) is 57.9 Å². The second kappa shape index (κ2) is 19.4. The van der Waals surface area contributed by atoms with Gasteiger partial charge in [0.25, 0.3) is 0 Å². The molecule has 15 heteroatoms. The number of ether oxygens (including phenoxy) is 4. The molecule has 0 saturated carbocycles. The third-order valence-corrected chi connectivity index (χ3v) is 7.26. The molecular weight excluding hydrogens is 652 g/mol. The van der Waals surface area contributed by atoms with Crippen LogP contribution in [0.5, 0.6) is 5.75 Å². The molecule has 0 radical (unpaired) electrons. The van der Waals surface area contributed by atoms with Crippen molar-refractivity contribution < 1.29 is 50.9 Å². The van der Waals surface area contributed by atoms with Gasteiger partial charge in [-0.1, -0.05) is 12.1 Å². The summed E-state index contributed by atoms with van der Waals surface area (Å²) >= 11 is 0. The van der Waals surface area contributed by atoms with Crippen LogP contribution in [0.1, 0.15) is 54.0 Å². The van der Waals surface area contributed by atoms with Gasteiger partial charge >= 0.3 is 30.3 Å². The highest BCUT2D eigenvalue weighted by molar-refractivity contribution is 5.76. The molecule has 1 saturated heterocycles. The molecule has 1 atom stereocenters. The minimum absolute atomic E-state index is 0.0211. The largest absolute Gasteiger partial charge is 0.487 e. The lowest BCUT2D eigenvalue weighted by atomic mass is 10.0. The Kier molecular flexibility index (Phi) is 16.7. The lowest BCUT2D eigenvalue weighted by Crippen LogP contribution is -2.52. The van der Waals surface area contributed by atoms with Gasteiger partial charge in [-0.25, -0.2) is 8.78 Å². The summed E-state index contributed by atoms with van der Waals surface area (Å²) in [6.07, 6.45) is -3.68. The molecule has 0 aliphatic carbocycles. The van der Waals surface area contributed by atoms with Crippen LogP contribution in [0.3, 0.4) is 0 Å². The summed E-state index contributed by atoms with van der Waals surface area (Å²) in [5.41, 5.74) is -0.645. The number of hydrogen-bond acceptors (Lipinski definition) is 11. The fourth-order valence-corrected chi connectivity index (χ4v) is 5.00. The van der Waals surface area contributed by atoms with E-state index in [1.165, 1.54) is 12.1 Å². The van der Waals surface area contributed by atoms with Crippen molar-refractivity contribution in [1.29, 1.82) is 0 Å². The van der Waals surface area contributed by atoms with Crippen LogP contribution < -0.4 is 10.1 Å². The number of nitrogens with one attached hydrogen (secondary N) is 1. The molecule has 1 N–H and O–H groups in total. The molecule has 1 aromatic carbocycles. The average molecular weight is 707 g/mol. The van der Waals surface area contributed by atoms with Crippen molar-refractivity contribution in [3.63, 3.8) is 0 Å². The number of carbonyl (C=O) groups excluding carboxylic acids is 3. The molecule has 49 heavy (non-hydrogen) atoms. The van der Waals surface area contributed by atoms with Gasteiger partial charge in [0.1, 0.15) is 23.0 Å². The monoisotopic (exact) mass is 706 g/mol. The molecule has 0 bridgehead atoms. The van der Waals surface area contributed by atoms with Gasteiger partial charge in [0, 0.05) is 52.4 Å². The maximum Gasteiger partial charge on any atom is 0.340 e. The first-order valence-electron chi connectivity index (χ1n) is 16.7. The SMILES string of the molecule is CCOC(=O)C(Cc1ccc(OCC(F)(F)C(F)F)cc1)N1CCN(CC(=O)OC(C)(C)C)CCNCCN(CC(=O)OC(C)(C)C)CC1.